The van der Waals surface area contributed by atoms with Gasteiger partial charge in [-0.1, -0.05) is 0 Å². The molecule has 0 amide bonds. The van der Waals surface area contributed by atoms with Crippen molar-refractivity contribution in [2.75, 3.05) is 11.4 Å². The summed E-state index contributed by atoms with van der Waals surface area (Å²) in [6, 6.07) is 1.40. The molecule has 1 fully saturated rings. The highest BCUT2D eigenvalue weighted by Gasteiger charge is 2.26. The molecule has 4 nitrogen and oxygen atoms in total. The molecule has 86 valence electrons. The van der Waals surface area contributed by atoms with Crippen molar-refractivity contribution in [2.45, 2.75) is 25.8 Å². The van der Waals surface area contributed by atoms with Crippen molar-refractivity contribution in [1.82, 2.24) is 4.98 Å². The number of pyridine rings is 1. The molecule has 0 aliphatic carbocycles. The highest BCUT2D eigenvalue weighted by molar-refractivity contribution is 5.88. The first-order valence-corrected chi connectivity index (χ1v) is 5.25. The van der Waals surface area contributed by atoms with Crippen LogP contribution in [0.15, 0.2) is 12.3 Å². The summed E-state index contributed by atoms with van der Waals surface area (Å²) in [5.74, 6) is -1.83. The topological polar surface area (TPSA) is 53.4 Å². The molecule has 2 rings (SSSR count). The van der Waals surface area contributed by atoms with Gasteiger partial charge in [0.2, 0.25) is 0 Å². The van der Waals surface area contributed by atoms with Crippen molar-refractivity contribution in [3.05, 3.63) is 23.6 Å². The summed E-state index contributed by atoms with van der Waals surface area (Å²) in [4.78, 5) is 16.5. The molecule has 0 bridgehead atoms. The summed E-state index contributed by atoms with van der Waals surface area (Å²) in [5, 5.41) is 8.81. The number of hydrogen-bond acceptors (Lipinski definition) is 3. The van der Waals surface area contributed by atoms with Crippen LogP contribution in [0.4, 0.5) is 10.2 Å². The number of nitrogens with zero attached hydrogens (tertiary/aromatic N) is 2. The largest absolute Gasteiger partial charge is 0.478 e. The predicted octanol–water partition coefficient (Wildman–Crippen LogP) is 1.91. The lowest BCUT2D eigenvalue weighted by molar-refractivity contribution is 0.0691. The zero-order valence-electron chi connectivity index (χ0n) is 8.98. The molecule has 1 atom stereocenters. The Morgan fingerprint density at radius 1 is 1.69 bits per heavy atom. The Balaban J connectivity index is 2.41. The number of carboxylic acid groups (broad SMARTS) is 1. The lowest BCUT2D eigenvalue weighted by atomic mass is 10.2. The number of carboxylic acids is 1. The standard InChI is InChI=1S/C11H13FN2O2/c1-7-3-2-6-14(7)10-9(12)8(11(15)16)4-5-13-10/h4-5,7H,2-3,6H2,1H3,(H,15,16). The third-order valence-corrected chi connectivity index (χ3v) is 2.93. The minimum Gasteiger partial charge on any atom is -0.478 e. The highest BCUT2D eigenvalue weighted by Crippen LogP contribution is 2.27. The number of hydrogen-bond donors (Lipinski definition) is 1. The predicted molar refractivity (Wildman–Crippen MR) is 57.2 cm³/mol. The van der Waals surface area contributed by atoms with E-state index in [1.807, 2.05) is 11.8 Å². The molecule has 0 saturated carbocycles. The second-order valence-electron chi connectivity index (χ2n) is 3.99. The zero-order valence-corrected chi connectivity index (χ0v) is 8.98. The smallest absolute Gasteiger partial charge is 0.338 e. The van der Waals surface area contributed by atoms with E-state index >= 15 is 0 Å². The summed E-state index contributed by atoms with van der Waals surface area (Å²) in [7, 11) is 0. The highest BCUT2D eigenvalue weighted by atomic mass is 19.1. The average Bonchev–Trinajstić information content (AvgIpc) is 2.64. The van der Waals surface area contributed by atoms with Crippen LogP contribution in [0.2, 0.25) is 0 Å². The Labute approximate surface area is 92.7 Å². The molecular formula is C11H13FN2O2. The van der Waals surface area contributed by atoms with Crippen LogP contribution in [0.3, 0.4) is 0 Å². The van der Waals surface area contributed by atoms with Crippen LogP contribution in [0, 0.1) is 5.82 Å². The monoisotopic (exact) mass is 224 g/mol. The molecule has 1 aromatic heterocycles. The van der Waals surface area contributed by atoms with Crippen molar-refractivity contribution in [2.24, 2.45) is 0 Å². The summed E-state index contributed by atoms with van der Waals surface area (Å²) < 4.78 is 13.9. The number of aromatic nitrogens is 1. The Kier molecular flexibility index (Phi) is 2.77. The van der Waals surface area contributed by atoms with Crippen molar-refractivity contribution in [3.63, 3.8) is 0 Å². The number of halogens is 1. The van der Waals surface area contributed by atoms with Gasteiger partial charge in [0.15, 0.2) is 11.6 Å². The van der Waals surface area contributed by atoms with Gasteiger partial charge in [0, 0.05) is 18.8 Å². The summed E-state index contributed by atoms with van der Waals surface area (Å²) >= 11 is 0. The van der Waals surface area contributed by atoms with Crippen molar-refractivity contribution in [3.8, 4) is 0 Å². The van der Waals surface area contributed by atoms with Gasteiger partial charge < -0.3 is 10.0 Å². The molecule has 0 aromatic carbocycles. The van der Waals surface area contributed by atoms with Gasteiger partial charge in [-0.2, -0.15) is 0 Å². The Hall–Kier alpha value is -1.65. The Morgan fingerprint density at radius 3 is 3.00 bits per heavy atom. The fourth-order valence-corrected chi connectivity index (χ4v) is 2.05. The fourth-order valence-electron chi connectivity index (χ4n) is 2.05. The second kappa shape index (κ2) is 4.08. The Bertz CT molecular complexity index is 422. The van der Waals surface area contributed by atoms with E-state index in [4.69, 9.17) is 5.11 Å². The maximum absolute atomic E-state index is 13.9. The van der Waals surface area contributed by atoms with Crippen LogP contribution in [0.5, 0.6) is 0 Å². The van der Waals surface area contributed by atoms with Crippen molar-refractivity contribution >= 4 is 11.8 Å². The van der Waals surface area contributed by atoms with Crippen LogP contribution in [-0.4, -0.2) is 28.6 Å². The molecule has 16 heavy (non-hydrogen) atoms. The maximum Gasteiger partial charge on any atom is 0.338 e. The van der Waals surface area contributed by atoms with Gasteiger partial charge in [-0.25, -0.2) is 14.2 Å². The summed E-state index contributed by atoms with van der Waals surface area (Å²) in [5.41, 5.74) is -0.316. The normalized spacial score (nSPS) is 20.1. The third-order valence-electron chi connectivity index (χ3n) is 2.93. The van der Waals surface area contributed by atoms with E-state index in [1.54, 1.807) is 0 Å². The minimum atomic E-state index is -1.26. The van der Waals surface area contributed by atoms with Crippen LogP contribution in [0.1, 0.15) is 30.1 Å². The van der Waals surface area contributed by atoms with Crippen molar-refractivity contribution < 1.29 is 14.3 Å². The molecule has 1 unspecified atom stereocenters. The minimum absolute atomic E-state index is 0.157. The molecule has 1 aromatic rings. The van der Waals surface area contributed by atoms with E-state index in [1.165, 1.54) is 12.3 Å². The number of aromatic carboxylic acids is 1. The first-order valence-electron chi connectivity index (χ1n) is 5.25. The molecule has 1 aliphatic heterocycles. The van der Waals surface area contributed by atoms with Crippen LogP contribution >= 0.6 is 0 Å². The van der Waals surface area contributed by atoms with E-state index in [0.717, 1.165) is 19.4 Å². The van der Waals surface area contributed by atoms with Crippen LogP contribution in [0.25, 0.3) is 0 Å². The second-order valence-corrected chi connectivity index (χ2v) is 3.99. The average molecular weight is 224 g/mol. The summed E-state index contributed by atoms with van der Waals surface area (Å²) in [6.45, 7) is 2.72. The molecule has 0 spiro atoms. The van der Waals surface area contributed by atoms with E-state index < -0.39 is 11.8 Å². The van der Waals surface area contributed by atoms with Gasteiger partial charge in [0.05, 0.1) is 0 Å². The first kappa shape index (κ1) is 10.9. The number of anilines is 1. The van der Waals surface area contributed by atoms with Crippen LogP contribution < -0.4 is 4.90 Å². The van der Waals surface area contributed by atoms with Gasteiger partial charge in [0.25, 0.3) is 0 Å². The number of rotatable bonds is 2. The van der Waals surface area contributed by atoms with Gasteiger partial charge in [-0.15, -0.1) is 0 Å². The van der Waals surface area contributed by atoms with Gasteiger partial charge in [-0.05, 0) is 25.8 Å². The molecule has 1 aliphatic rings. The van der Waals surface area contributed by atoms with Crippen LogP contribution in [-0.2, 0) is 0 Å². The third kappa shape index (κ3) is 1.73. The van der Waals surface area contributed by atoms with Crippen molar-refractivity contribution in [1.29, 1.82) is 0 Å². The fraction of sp³-hybridized carbons (Fsp3) is 0.455. The molecular weight excluding hydrogens is 211 g/mol. The first-order chi connectivity index (χ1) is 7.61. The van der Waals surface area contributed by atoms with E-state index in [2.05, 4.69) is 4.98 Å². The van der Waals surface area contributed by atoms with E-state index in [0.29, 0.717) is 0 Å². The SMILES string of the molecule is CC1CCCN1c1nccc(C(=O)O)c1F. The van der Waals surface area contributed by atoms with Gasteiger partial charge in [-0.3, -0.25) is 0 Å². The summed E-state index contributed by atoms with van der Waals surface area (Å²) in [6.07, 6.45) is 3.31. The van der Waals surface area contributed by atoms with E-state index in [9.17, 15) is 9.18 Å². The quantitative estimate of drug-likeness (QED) is 0.833. The zero-order chi connectivity index (χ0) is 11.7. The molecule has 1 N–H and O–H groups in total. The lowest BCUT2D eigenvalue weighted by Gasteiger charge is -2.23. The van der Waals surface area contributed by atoms with Gasteiger partial charge >= 0.3 is 5.97 Å². The van der Waals surface area contributed by atoms with Gasteiger partial charge in [0.1, 0.15) is 5.56 Å². The molecule has 2 heterocycles. The molecule has 1 saturated heterocycles. The molecule has 5 heteroatoms. The van der Waals surface area contributed by atoms with E-state index in [-0.39, 0.29) is 17.4 Å². The number of carbonyl (C=O) groups is 1. The maximum atomic E-state index is 13.9. The Morgan fingerprint density at radius 2 is 2.44 bits per heavy atom. The lowest BCUT2D eigenvalue weighted by Crippen LogP contribution is -2.28. The molecule has 0 radical (unpaired) electrons.